The normalized spacial score (nSPS) is 12.1. The summed E-state index contributed by atoms with van der Waals surface area (Å²) in [6, 6.07) is 4.84. The van der Waals surface area contributed by atoms with E-state index in [1.54, 1.807) is 26.0 Å². The summed E-state index contributed by atoms with van der Waals surface area (Å²) in [6.07, 6.45) is 2.57. The van der Waals surface area contributed by atoms with E-state index in [0.717, 1.165) is 6.20 Å². The molecule has 0 aliphatic heterocycles. The minimum Gasteiger partial charge on any atom is -0.389 e. The van der Waals surface area contributed by atoms with E-state index < -0.39 is 16.2 Å². The van der Waals surface area contributed by atoms with E-state index in [2.05, 4.69) is 10.3 Å². The Hall–Kier alpha value is -2.28. The van der Waals surface area contributed by atoms with Crippen molar-refractivity contribution in [1.29, 1.82) is 5.41 Å². The van der Waals surface area contributed by atoms with Gasteiger partial charge >= 0.3 is 5.70 Å². The summed E-state index contributed by atoms with van der Waals surface area (Å²) in [7, 11) is 0. The lowest BCUT2D eigenvalue weighted by molar-refractivity contribution is -0.415. The summed E-state index contributed by atoms with van der Waals surface area (Å²) in [5.74, 6) is 0. The van der Waals surface area contributed by atoms with Crippen molar-refractivity contribution in [1.82, 2.24) is 10.3 Å². The van der Waals surface area contributed by atoms with Crippen LogP contribution in [0.5, 0.6) is 0 Å². The van der Waals surface area contributed by atoms with Gasteiger partial charge in [0.25, 0.3) is 0 Å². The highest BCUT2D eigenvalue weighted by Gasteiger charge is 2.21. The number of pyridine rings is 1. The standard InChI is InChI=1S/C12H16N4O3/c1-12(2,17)8-14-7-10(16(18)19)11(13)9-5-3-4-6-15-9/h3-7,13-14,17H,8H2,1-2H3/b10-7+,13-11?. The first-order valence-electron chi connectivity index (χ1n) is 5.62. The van der Waals surface area contributed by atoms with Crippen LogP contribution >= 0.6 is 0 Å². The molecule has 102 valence electrons. The molecule has 7 heteroatoms. The van der Waals surface area contributed by atoms with Gasteiger partial charge in [0.15, 0.2) is 5.71 Å². The van der Waals surface area contributed by atoms with Crippen molar-refractivity contribution in [3.8, 4) is 0 Å². The molecule has 1 heterocycles. The topological polar surface area (TPSA) is 112 Å². The number of nitrogens with zero attached hydrogens (tertiary/aromatic N) is 2. The van der Waals surface area contributed by atoms with Crippen molar-refractivity contribution >= 4 is 5.71 Å². The first kappa shape index (κ1) is 14.8. The molecule has 0 aromatic carbocycles. The highest BCUT2D eigenvalue weighted by atomic mass is 16.6. The van der Waals surface area contributed by atoms with Gasteiger partial charge in [0.2, 0.25) is 0 Å². The van der Waals surface area contributed by atoms with Crippen LogP contribution in [0.25, 0.3) is 0 Å². The van der Waals surface area contributed by atoms with Crippen LogP contribution in [-0.2, 0) is 0 Å². The van der Waals surface area contributed by atoms with Crippen LogP contribution in [-0.4, -0.2) is 32.9 Å². The maximum Gasteiger partial charge on any atom is 0.311 e. The number of aliphatic hydroxyl groups is 1. The molecule has 1 aromatic rings. The second kappa shape index (κ2) is 6.05. The Kier molecular flexibility index (Phi) is 4.71. The molecule has 0 fully saturated rings. The van der Waals surface area contributed by atoms with Gasteiger partial charge in [-0.05, 0) is 26.0 Å². The summed E-state index contributed by atoms with van der Waals surface area (Å²) < 4.78 is 0. The van der Waals surface area contributed by atoms with E-state index in [0.29, 0.717) is 0 Å². The van der Waals surface area contributed by atoms with Gasteiger partial charge in [-0.3, -0.25) is 20.5 Å². The molecule has 0 unspecified atom stereocenters. The fraction of sp³-hybridized carbons (Fsp3) is 0.333. The number of rotatable bonds is 6. The highest BCUT2D eigenvalue weighted by Crippen LogP contribution is 2.06. The zero-order valence-electron chi connectivity index (χ0n) is 10.8. The Labute approximate surface area is 110 Å². The number of hydrogen-bond acceptors (Lipinski definition) is 6. The lowest BCUT2D eigenvalue weighted by Crippen LogP contribution is -2.33. The number of nitrogens with one attached hydrogen (secondary N) is 2. The molecule has 0 aliphatic carbocycles. The van der Waals surface area contributed by atoms with Crippen LogP contribution in [0.3, 0.4) is 0 Å². The largest absolute Gasteiger partial charge is 0.389 e. The van der Waals surface area contributed by atoms with Crippen LogP contribution in [0.15, 0.2) is 36.3 Å². The summed E-state index contributed by atoms with van der Waals surface area (Å²) in [5, 5.41) is 30.8. The van der Waals surface area contributed by atoms with Gasteiger partial charge in [0.05, 0.1) is 22.4 Å². The van der Waals surface area contributed by atoms with E-state index in [4.69, 9.17) is 5.41 Å². The second-order valence-electron chi connectivity index (χ2n) is 4.57. The third-order valence-corrected chi connectivity index (χ3v) is 2.15. The average molecular weight is 264 g/mol. The summed E-state index contributed by atoms with van der Waals surface area (Å²) >= 11 is 0. The van der Waals surface area contributed by atoms with Crippen molar-refractivity contribution in [3.05, 3.63) is 52.1 Å². The van der Waals surface area contributed by atoms with Gasteiger partial charge in [-0.1, -0.05) is 6.07 Å². The molecule has 1 aromatic heterocycles. The van der Waals surface area contributed by atoms with Crippen molar-refractivity contribution in [2.45, 2.75) is 19.4 Å². The molecule has 7 nitrogen and oxygen atoms in total. The van der Waals surface area contributed by atoms with E-state index in [1.807, 2.05) is 0 Å². The molecule has 0 saturated heterocycles. The third kappa shape index (κ3) is 4.84. The molecule has 3 N–H and O–H groups in total. The van der Waals surface area contributed by atoms with Crippen molar-refractivity contribution in [2.75, 3.05) is 6.54 Å². The Morgan fingerprint density at radius 1 is 1.63 bits per heavy atom. The van der Waals surface area contributed by atoms with Crippen molar-refractivity contribution in [2.24, 2.45) is 0 Å². The maximum atomic E-state index is 10.9. The van der Waals surface area contributed by atoms with Crippen molar-refractivity contribution in [3.63, 3.8) is 0 Å². The van der Waals surface area contributed by atoms with Crippen LogP contribution in [0.1, 0.15) is 19.5 Å². The highest BCUT2D eigenvalue weighted by molar-refractivity contribution is 6.07. The second-order valence-corrected chi connectivity index (χ2v) is 4.57. The average Bonchev–Trinajstić information content (AvgIpc) is 2.33. The minimum atomic E-state index is -0.995. The Morgan fingerprint density at radius 3 is 2.79 bits per heavy atom. The molecule has 0 atom stereocenters. The quantitative estimate of drug-likeness (QED) is 0.402. The molecule has 19 heavy (non-hydrogen) atoms. The zero-order valence-corrected chi connectivity index (χ0v) is 10.8. The van der Waals surface area contributed by atoms with E-state index in [1.165, 1.54) is 12.3 Å². The predicted molar refractivity (Wildman–Crippen MR) is 70.4 cm³/mol. The smallest absolute Gasteiger partial charge is 0.311 e. The van der Waals surface area contributed by atoms with Gasteiger partial charge < -0.3 is 10.4 Å². The van der Waals surface area contributed by atoms with Crippen LogP contribution in [0, 0.1) is 15.5 Å². The lowest BCUT2D eigenvalue weighted by atomic mass is 10.1. The number of allylic oxidation sites excluding steroid dienone is 1. The van der Waals surface area contributed by atoms with Gasteiger partial charge in [-0.2, -0.15) is 0 Å². The molecule has 0 spiro atoms. The van der Waals surface area contributed by atoms with Crippen LogP contribution in [0.4, 0.5) is 0 Å². The van der Waals surface area contributed by atoms with E-state index in [-0.39, 0.29) is 18.0 Å². The summed E-state index contributed by atoms with van der Waals surface area (Å²) in [4.78, 5) is 14.2. The summed E-state index contributed by atoms with van der Waals surface area (Å²) in [6.45, 7) is 3.29. The molecule has 0 saturated carbocycles. The van der Waals surface area contributed by atoms with Gasteiger partial charge in [-0.25, -0.2) is 0 Å². The molecular weight excluding hydrogens is 248 g/mol. The van der Waals surface area contributed by atoms with Gasteiger partial charge in [0, 0.05) is 12.7 Å². The Morgan fingerprint density at radius 2 is 2.32 bits per heavy atom. The molecule has 0 bridgehead atoms. The van der Waals surface area contributed by atoms with E-state index in [9.17, 15) is 15.2 Å². The molecule has 1 rings (SSSR count). The number of nitro groups is 1. The Balaban J connectivity index is 2.87. The lowest BCUT2D eigenvalue weighted by Gasteiger charge is -2.16. The Bertz CT molecular complexity index is 491. The van der Waals surface area contributed by atoms with Crippen molar-refractivity contribution < 1.29 is 10.0 Å². The predicted octanol–water partition coefficient (Wildman–Crippen LogP) is 0.928. The number of hydrogen-bond donors (Lipinski definition) is 3. The monoisotopic (exact) mass is 264 g/mol. The first-order valence-corrected chi connectivity index (χ1v) is 5.62. The van der Waals surface area contributed by atoms with Crippen LogP contribution < -0.4 is 5.32 Å². The maximum absolute atomic E-state index is 10.9. The SMILES string of the molecule is CC(C)(O)CN/C=C(\C(=N)c1ccccn1)[N+](=O)[O-]. The molecule has 0 radical (unpaired) electrons. The van der Waals surface area contributed by atoms with E-state index >= 15 is 0 Å². The number of aromatic nitrogens is 1. The molecular formula is C12H16N4O3. The van der Waals surface area contributed by atoms with Crippen LogP contribution in [0.2, 0.25) is 0 Å². The fourth-order valence-corrected chi connectivity index (χ4v) is 1.26. The third-order valence-electron chi connectivity index (χ3n) is 2.15. The minimum absolute atomic E-state index is 0.139. The van der Waals surface area contributed by atoms with Gasteiger partial charge in [-0.15, -0.1) is 0 Å². The molecule has 0 aliphatic rings. The fourth-order valence-electron chi connectivity index (χ4n) is 1.26. The summed E-state index contributed by atoms with van der Waals surface area (Å²) in [5.41, 5.74) is -1.46. The zero-order chi connectivity index (χ0) is 14.5. The van der Waals surface area contributed by atoms with Gasteiger partial charge in [0.1, 0.15) is 0 Å². The molecule has 0 amide bonds. The first-order chi connectivity index (χ1) is 8.81.